The molecule has 4 aromatic rings. The van der Waals surface area contributed by atoms with Crippen LogP contribution in [-0.4, -0.2) is 34.9 Å². The van der Waals surface area contributed by atoms with Crippen LogP contribution in [0.2, 0.25) is 0 Å². The van der Waals surface area contributed by atoms with Crippen molar-refractivity contribution in [3.63, 3.8) is 0 Å². The smallest absolute Gasteiger partial charge is 0.331 e. The number of nitrogens with one attached hydrogen (secondary N) is 3. The molecular weight excluding hydrogens is 526 g/mol. The van der Waals surface area contributed by atoms with Crippen LogP contribution in [0.15, 0.2) is 73.4 Å². The maximum atomic E-state index is 13.5. The molecule has 2 aromatic carbocycles. The number of rotatable bonds is 7. The van der Waals surface area contributed by atoms with Crippen molar-refractivity contribution in [2.24, 2.45) is 0 Å². The van der Waals surface area contributed by atoms with Crippen molar-refractivity contribution in [1.82, 2.24) is 15.6 Å². The first-order valence-corrected chi connectivity index (χ1v) is 13.8. The molecular formula is C30H27N5O4S. The van der Waals surface area contributed by atoms with Crippen LogP contribution in [0, 0.1) is 6.92 Å². The Bertz CT molecular complexity index is 1650. The Morgan fingerprint density at radius 2 is 1.85 bits per heavy atom. The fraction of sp³-hybridized carbons (Fsp3) is 0.200. The van der Waals surface area contributed by atoms with Crippen molar-refractivity contribution < 1.29 is 19.1 Å². The first-order chi connectivity index (χ1) is 19.4. The standard InChI is InChI=1S/C30H27N5O4S/c1-3-24(36)32-20-10-7-11-21(20)33-28(37)27-26-25-23(14-15-31-29(25)40-27)35(30(38)34-26)22-13-12-19(16-17(22)2)39-18-8-5-4-6-9-18/h3-6,8-9,12-16,20-21H,1,7,10-11H2,2H3,(H,32,36)(H,33,37)(H,34,38)/t20-,21+/m1/s1. The summed E-state index contributed by atoms with van der Waals surface area (Å²) in [5, 5.41) is 9.62. The highest BCUT2D eigenvalue weighted by Crippen LogP contribution is 2.46. The number of pyridine rings is 1. The molecule has 1 saturated carbocycles. The van der Waals surface area contributed by atoms with E-state index in [2.05, 4.69) is 27.5 Å². The van der Waals surface area contributed by atoms with E-state index in [0.717, 1.165) is 30.6 Å². The Morgan fingerprint density at radius 3 is 2.60 bits per heavy atom. The minimum atomic E-state index is -0.371. The average molecular weight is 554 g/mol. The number of hydrogen-bond acceptors (Lipinski definition) is 6. The van der Waals surface area contributed by atoms with Crippen LogP contribution in [0.4, 0.5) is 21.9 Å². The molecule has 0 saturated heterocycles. The molecule has 40 heavy (non-hydrogen) atoms. The van der Waals surface area contributed by atoms with E-state index < -0.39 is 0 Å². The van der Waals surface area contributed by atoms with Gasteiger partial charge in [-0.05, 0) is 74.2 Å². The van der Waals surface area contributed by atoms with Crippen molar-refractivity contribution >= 4 is 56.5 Å². The van der Waals surface area contributed by atoms with Gasteiger partial charge in [0, 0.05) is 18.3 Å². The lowest BCUT2D eigenvalue weighted by molar-refractivity contribution is -0.117. The molecule has 4 amide bonds. The number of carbonyl (C=O) groups excluding carboxylic acids is 3. The maximum Gasteiger partial charge on any atom is 0.331 e. The third-order valence-electron chi connectivity index (χ3n) is 7.19. The van der Waals surface area contributed by atoms with Crippen LogP contribution in [0.5, 0.6) is 11.5 Å². The summed E-state index contributed by atoms with van der Waals surface area (Å²) in [7, 11) is 0. The fourth-order valence-corrected chi connectivity index (χ4v) is 6.35. The largest absolute Gasteiger partial charge is 0.457 e. The average Bonchev–Trinajstić information content (AvgIpc) is 3.55. The van der Waals surface area contributed by atoms with Gasteiger partial charge in [0.05, 0.1) is 22.4 Å². The number of para-hydroxylation sites is 1. The topological polar surface area (TPSA) is 113 Å². The Labute approximate surface area is 234 Å². The number of thiophene rings is 1. The molecule has 3 N–H and O–H groups in total. The highest BCUT2D eigenvalue weighted by molar-refractivity contribution is 7.21. The zero-order chi connectivity index (χ0) is 27.8. The van der Waals surface area contributed by atoms with E-state index >= 15 is 0 Å². The van der Waals surface area contributed by atoms with Gasteiger partial charge in [-0.15, -0.1) is 11.3 Å². The quantitative estimate of drug-likeness (QED) is 0.242. The van der Waals surface area contributed by atoms with Crippen molar-refractivity contribution in [3.05, 3.63) is 83.9 Å². The van der Waals surface area contributed by atoms with Gasteiger partial charge in [0.2, 0.25) is 5.91 Å². The first-order valence-electron chi connectivity index (χ1n) is 13.0. The highest BCUT2D eigenvalue weighted by atomic mass is 32.1. The second-order valence-electron chi connectivity index (χ2n) is 9.78. The molecule has 2 aromatic heterocycles. The summed E-state index contributed by atoms with van der Waals surface area (Å²) in [6, 6.07) is 16.1. The highest BCUT2D eigenvalue weighted by Gasteiger charge is 2.35. The number of aryl methyl sites for hydroxylation is 1. The molecule has 3 heterocycles. The number of carbonyl (C=O) groups is 3. The number of nitrogens with zero attached hydrogens (tertiary/aromatic N) is 2. The van der Waals surface area contributed by atoms with Gasteiger partial charge in [0.1, 0.15) is 21.2 Å². The maximum absolute atomic E-state index is 13.5. The Balaban J connectivity index is 1.30. The molecule has 1 fully saturated rings. The van der Waals surface area contributed by atoms with E-state index in [4.69, 9.17) is 4.74 Å². The monoisotopic (exact) mass is 553 g/mol. The summed E-state index contributed by atoms with van der Waals surface area (Å²) in [6.07, 6.45) is 5.29. The number of urea groups is 1. The van der Waals surface area contributed by atoms with Crippen LogP contribution in [0.1, 0.15) is 34.5 Å². The second kappa shape index (κ2) is 10.5. The predicted molar refractivity (Wildman–Crippen MR) is 156 cm³/mol. The lowest BCUT2D eigenvalue weighted by atomic mass is 10.1. The fourth-order valence-electron chi connectivity index (χ4n) is 5.33. The van der Waals surface area contributed by atoms with E-state index in [1.807, 2.05) is 55.5 Å². The molecule has 202 valence electrons. The van der Waals surface area contributed by atoms with Gasteiger partial charge >= 0.3 is 6.03 Å². The Hall–Kier alpha value is -4.70. The number of hydrogen-bond donors (Lipinski definition) is 3. The van der Waals surface area contributed by atoms with E-state index in [9.17, 15) is 14.4 Å². The second-order valence-corrected chi connectivity index (χ2v) is 10.8. The molecule has 2 atom stereocenters. The van der Waals surface area contributed by atoms with Gasteiger partial charge in [-0.3, -0.25) is 14.5 Å². The Kier molecular flexibility index (Phi) is 6.69. The summed E-state index contributed by atoms with van der Waals surface area (Å²) < 4.78 is 5.96. The lowest BCUT2D eigenvalue weighted by Crippen LogP contribution is -2.48. The molecule has 0 radical (unpaired) electrons. The Morgan fingerprint density at radius 1 is 1.07 bits per heavy atom. The molecule has 10 heteroatoms. The molecule has 1 aliphatic heterocycles. The molecule has 0 unspecified atom stereocenters. The molecule has 1 aliphatic carbocycles. The third kappa shape index (κ3) is 4.66. The van der Waals surface area contributed by atoms with Crippen LogP contribution in [-0.2, 0) is 4.79 Å². The molecule has 2 aliphatic rings. The normalized spacial score (nSPS) is 17.8. The SMILES string of the molecule is C=CC(=O)N[C@@H]1CCC[C@@H]1NC(=O)c1sc2nccc3c2c1NC(=O)N3c1ccc(Oc2ccccc2)cc1C. The minimum Gasteiger partial charge on any atom is -0.457 e. The van der Waals surface area contributed by atoms with Gasteiger partial charge in [0.25, 0.3) is 5.91 Å². The van der Waals surface area contributed by atoms with E-state index in [-0.39, 0.29) is 29.9 Å². The van der Waals surface area contributed by atoms with Gasteiger partial charge in [-0.2, -0.15) is 0 Å². The predicted octanol–water partition coefficient (Wildman–Crippen LogP) is 6.03. The van der Waals surface area contributed by atoms with Gasteiger partial charge in [-0.1, -0.05) is 24.8 Å². The van der Waals surface area contributed by atoms with Gasteiger partial charge < -0.3 is 20.7 Å². The van der Waals surface area contributed by atoms with Crippen molar-refractivity contribution in [1.29, 1.82) is 0 Å². The van der Waals surface area contributed by atoms with E-state index in [0.29, 0.717) is 37.9 Å². The van der Waals surface area contributed by atoms with Crippen LogP contribution < -0.4 is 25.6 Å². The zero-order valence-corrected chi connectivity index (χ0v) is 22.6. The number of aromatic nitrogens is 1. The van der Waals surface area contributed by atoms with Crippen molar-refractivity contribution in [2.75, 3.05) is 10.2 Å². The first kappa shape index (κ1) is 25.6. The number of ether oxygens (including phenoxy) is 1. The zero-order valence-electron chi connectivity index (χ0n) is 21.8. The van der Waals surface area contributed by atoms with Crippen LogP contribution in [0.3, 0.4) is 0 Å². The van der Waals surface area contributed by atoms with Crippen LogP contribution >= 0.6 is 11.3 Å². The summed E-state index contributed by atoms with van der Waals surface area (Å²) in [5.41, 5.74) is 2.64. The van der Waals surface area contributed by atoms with Gasteiger partial charge in [-0.25, -0.2) is 9.78 Å². The van der Waals surface area contributed by atoms with E-state index in [1.54, 1.807) is 17.2 Å². The summed E-state index contributed by atoms with van der Waals surface area (Å²) >= 11 is 1.23. The third-order valence-corrected chi connectivity index (χ3v) is 8.28. The number of amides is 4. The summed E-state index contributed by atoms with van der Waals surface area (Å²) in [5.74, 6) is 0.816. The molecule has 0 spiro atoms. The number of benzene rings is 2. The van der Waals surface area contributed by atoms with Gasteiger partial charge in [0.15, 0.2) is 0 Å². The minimum absolute atomic E-state index is 0.171. The number of anilines is 3. The van der Waals surface area contributed by atoms with E-state index in [1.165, 1.54) is 17.4 Å². The summed E-state index contributed by atoms with van der Waals surface area (Å²) in [6.45, 7) is 5.43. The molecule has 6 rings (SSSR count). The molecule has 0 bridgehead atoms. The van der Waals surface area contributed by atoms with Crippen molar-refractivity contribution in [3.8, 4) is 11.5 Å². The molecule has 9 nitrogen and oxygen atoms in total. The summed E-state index contributed by atoms with van der Waals surface area (Å²) in [4.78, 5) is 45.9. The van der Waals surface area contributed by atoms with Crippen LogP contribution in [0.25, 0.3) is 10.2 Å². The van der Waals surface area contributed by atoms with Crippen molar-refractivity contribution in [2.45, 2.75) is 38.3 Å². The lowest BCUT2D eigenvalue weighted by Gasteiger charge is -2.29.